The van der Waals surface area contributed by atoms with Crippen molar-refractivity contribution in [2.45, 2.75) is 54.7 Å². The van der Waals surface area contributed by atoms with Crippen LogP contribution in [0, 0.1) is 5.92 Å². The molecule has 2 rings (SSSR count). The van der Waals surface area contributed by atoms with Crippen molar-refractivity contribution in [3.8, 4) is 0 Å². The molecule has 0 radical (unpaired) electrons. The van der Waals surface area contributed by atoms with Crippen molar-refractivity contribution in [3.63, 3.8) is 0 Å². The number of nitrogens with two attached hydrogens (primary N) is 1. The van der Waals surface area contributed by atoms with Gasteiger partial charge in [0, 0.05) is 6.61 Å². The predicted octanol–water partition coefficient (Wildman–Crippen LogP) is 1.43. The molecule has 1 amide bonds. The summed E-state index contributed by atoms with van der Waals surface area (Å²) >= 11 is 12.8. The van der Waals surface area contributed by atoms with E-state index in [1.807, 2.05) is 30.3 Å². The number of amides is 1. The molecule has 8 heteroatoms. The average molecular weight is 433 g/mol. The lowest BCUT2D eigenvalue weighted by molar-refractivity contribution is -0.133. The number of unbranched alkanes of at least 4 members (excludes halogenated alkanes) is 1. The molecule has 6 nitrogen and oxygen atoms in total. The number of nitrogens with one attached hydrogen (secondary N) is 1. The lowest BCUT2D eigenvalue weighted by atomic mass is 9.83. The van der Waals surface area contributed by atoms with Crippen LogP contribution in [0.3, 0.4) is 0 Å². The summed E-state index contributed by atoms with van der Waals surface area (Å²) in [7, 11) is 0. The second-order valence-corrected chi connectivity index (χ2v) is 8.27. The lowest BCUT2D eigenvalue weighted by Crippen LogP contribution is -2.56. The highest BCUT2D eigenvalue weighted by Gasteiger charge is 2.46. The molecule has 5 N–H and O–H groups in total. The predicted molar refractivity (Wildman–Crippen MR) is 111 cm³/mol. The summed E-state index contributed by atoms with van der Waals surface area (Å²) in [6.07, 6.45) is 0.767. The summed E-state index contributed by atoms with van der Waals surface area (Å²) in [6.45, 7) is 0.842. The summed E-state index contributed by atoms with van der Waals surface area (Å²) in [5, 5.41) is 21.7. The Kier molecular flexibility index (Phi) is 9.99. The highest BCUT2D eigenvalue weighted by molar-refractivity contribution is 6.25. The van der Waals surface area contributed by atoms with Crippen molar-refractivity contribution < 1.29 is 19.7 Å². The number of ether oxygens (including phenoxy) is 1. The van der Waals surface area contributed by atoms with Gasteiger partial charge in [-0.2, -0.15) is 0 Å². The summed E-state index contributed by atoms with van der Waals surface area (Å²) in [5.41, 5.74) is 6.47. The van der Waals surface area contributed by atoms with Crippen molar-refractivity contribution in [1.29, 1.82) is 0 Å². The number of alkyl halides is 2. The number of carbonyl (C=O) groups excluding carboxylic acids is 1. The van der Waals surface area contributed by atoms with Crippen LogP contribution < -0.4 is 11.1 Å². The van der Waals surface area contributed by atoms with Crippen molar-refractivity contribution in [2.24, 2.45) is 11.7 Å². The molecule has 0 spiro atoms. The SMILES string of the molecule is NCCCCOC1C(Cl)CC(C(=O)N[C@H](CO)Cc2ccccc2)C(O)C1Cl. The first-order valence-electron chi connectivity index (χ1n) is 9.71. The second kappa shape index (κ2) is 12.0. The van der Waals surface area contributed by atoms with E-state index < -0.39 is 34.9 Å². The molecule has 0 aromatic heterocycles. The number of aliphatic hydroxyl groups excluding tert-OH is 2. The van der Waals surface area contributed by atoms with Gasteiger partial charge in [-0.3, -0.25) is 4.79 Å². The fraction of sp³-hybridized carbons (Fsp3) is 0.650. The van der Waals surface area contributed by atoms with E-state index in [-0.39, 0.29) is 18.9 Å². The largest absolute Gasteiger partial charge is 0.394 e. The summed E-state index contributed by atoms with van der Waals surface area (Å²) in [4.78, 5) is 12.7. The van der Waals surface area contributed by atoms with Crippen molar-refractivity contribution in [1.82, 2.24) is 5.32 Å². The topological polar surface area (TPSA) is 105 Å². The maximum atomic E-state index is 12.7. The Hall–Kier alpha value is -0.890. The maximum absolute atomic E-state index is 12.7. The molecular formula is C20H30Cl2N2O4. The van der Waals surface area contributed by atoms with E-state index >= 15 is 0 Å². The first-order valence-corrected chi connectivity index (χ1v) is 10.6. The molecule has 0 heterocycles. The molecule has 5 unspecified atom stereocenters. The third-order valence-corrected chi connectivity index (χ3v) is 5.96. The fourth-order valence-corrected chi connectivity index (χ4v) is 4.34. The Morgan fingerprint density at radius 2 is 2.00 bits per heavy atom. The minimum Gasteiger partial charge on any atom is -0.394 e. The molecule has 1 aromatic carbocycles. The van der Waals surface area contributed by atoms with E-state index in [9.17, 15) is 15.0 Å². The zero-order valence-electron chi connectivity index (χ0n) is 15.8. The Balaban J connectivity index is 1.92. The first kappa shape index (κ1) is 23.4. The molecule has 1 fully saturated rings. The van der Waals surface area contributed by atoms with E-state index in [2.05, 4.69) is 5.32 Å². The van der Waals surface area contributed by atoms with Crippen molar-refractivity contribution in [3.05, 3.63) is 35.9 Å². The van der Waals surface area contributed by atoms with Crippen LogP contribution in [0.2, 0.25) is 0 Å². The van der Waals surface area contributed by atoms with Gasteiger partial charge < -0.3 is 26.0 Å². The van der Waals surface area contributed by atoms with Gasteiger partial charge in [-0.1, -0.05) is 30.3 Å². The highest BCUT2D eigenvalue weighted by atomic mass is 35.5. The standard InChI is InChI=1S/C20H30Cl2N2O4/c21-16-11-15(18(26)17(22)19(16)28-9-5-4-8-23)20(27)24-14(12-25)10-13-6-2-1-3-7-13/h1-3,6-7,14-19,25-26H,4-5,8-12,23H2,(H,24,27)/t14-,15?,16?,17?,18?,19?/m0/s1. The van der Waals surface area contributed by atoms with Gasteiger partial charge in [-0.15, -0.1) is 23.2 Å². The van der Waals surface area contributed by atoms with Crippen LogP contribution in [0.1, 0.15) is 24.8 Å². The van der Waals surface area contributed by atoms with Crippen molar-refractivity contribution >= 4 is 29.1 Å². The number of benzene rings is 1. The Morgan fingerprint density at radius 3 is 2.64 bits per heavy atom. The molecular weight excluding hydrogens is 403 g/mol. The number of halogens is 2. The lowest BCUT2D eigenvalue weighted by Gasteiger charge is -2.39. The van der Waals surface area contributed by atoms with E-state index in [0.29, 0.717) is 19.6 Å². The minimum absolute atomic E-state index is 0.203. The summed E-state index contributed by atoms with van der Waals surface area (Å²) < 4.78 is 5.74. The van der Waals surface area contributed by atoms with Crippen LogP contribution in [-0.4, -0.2) is 64.9 Å². The van der Waals surface area contributed by atoms with Crippen molar-refractivity contribution in [2.75, 3.05) is 19.8 Å². The minimum atomic E-state index is -1.08. The van der Waals surface area contributed by atoms with Gasteiger partial charge in [0.25, 0.3) is 0 Å². The normalized spacial score (nSPS) is 28.7. The first-order chi connectivity index (χ1) is 13.5. The Bertz CT molecular complexity index is 593. The quantitative estimate of drug-likeness (QED) is 0.330. The maximum Gasteiger partial charge on any atom is 0.226 e. The van der Waals surface area contributed by atoms with E-state index in [4.69, 9.17) is 33.7 Å². The summed E-state index contributed by atoms with van der Waals surface area (Å²) in [6, 6.07) is 9.13. The van der Waals surface area contributed by atoms with Gasteiger partial charge >= 0.3 is 0 Å². The molecule has 28 heavy (non-hydrogen) atoms. The molecule has 1 aromatic rings. The Morgan fingerprint density at radius 1 is 1.29 bits per heavy atom. The van der Waals surface area contributed by atoms with Gasteiger partial charge in [0.05, 0.1) is 41.5 Å². The van der Waals surface area contributed by atoms with Crippen LogP contribution in [0.4, 0.5) is 0 Å². The molecule has 6 atom stereocenters. The highest BCUT2D eigenvalue weighted by Crippen LogP contribution is 2.34. The van der Waals surface area contributed by atoms with Crippen LogP contribution in [0.5, 0.6) is 0 Å². The van der Waals surface area contributed by atoms with Gasteiger partial charge in [0.15, 0.2) is 0 Å². The van der Waals surface area contributed by atoms with Gasteiger partial charge in [0.2, 0.25) is 5.91 Å². The molecule has 1 saturated carbocycles. The molecule has 0 aliphatic heterocycles. The second-order valence-electron chi connectivity index (χ2n) is 7.20. The zero-order chi connectivity index (χ0) is 20.5. The number of carbonyl (C=O) groups is 1. The third-order valence-electron chi connectivity index (χ3n) is 5.03. The van der Waals surface area contributed by atoms with Gasteiger partial charge in [0.1, 0.15) is 0 Å². The van der Waals surface area contributed by atoms with Gasteiger partial charge in [-0.25, -0.2) is 0 Å². The van der Waals surface area contributed by atoms with Crippen LogP contribution in [0.15, 0.2) is 30.3 Å². The van der Waals surface area contributed by atoms with Crippen LogP contribution in [0.25, 0.3) is 0 Å². The monoisotopic (exact) mass is 432 g/mol. The average Bonchev–Trinajstić information content (AvgIpc) is 2.70. The third kappa shape index (κ3) is 6.58. The number of rotatable bonds is 10. The molecule has 0 saturated heterocycles. The molecule has 1 aliphatic rings. The number of hydrogen-bond acceptors (Lipinski definition) is 5. The molecule has 0 bridgehead atoms. The van der Waals surface area contributed by atoms with Crippen LogP contribution in [-0.2, 0) is 16.0 Å². The van der Waals surface area contributed by atoms with Gasteiger partial charge in [-0.05, 0) is 37.8 Å². The number of aliphatic hydroxyl groups is 2. The smallest absolute Gasteiger partial charge is 0.226 e. The molecule has 1 aliphatic carbocycles. The van der Waals surface area contributed by atoms with E-state index in [1.54, 1.807) is 0 Å². The van der Waals surface area contributed by atoms with Crippen LogP contribution >= 0.6 is 23.2 Å². The molecule has 158 valence electrons. The van der Waals surface area contributed by atoms with E-state index in [1.165, 1.54) is 0 Å². The fourth-order valence-electron chi connectivity index (χ4n) is 3.42. The Labute approximate surface area is 176 Å². The zero-order valence-corrected chi connectivity index (χ0v) is 17.4. The number of hydrogen-bond donors (Lipinski definition) is 4. The summed E-state index contributed by atoms with van der Waals surface area (Å²) in [5.74, 6) is -1.11. The van der Waals surface area contributed by atoms with E-state index in [0.717, 1.165) is 18.4 Å².